The molecule has 7 heteroatoms. The van der Waals surface area contributed by atoms with Crippen molar-refractivity contribution < 1.29 is 9.59 Å². The maximum Gasteiger partial charge on any atom is 0.272 e. The molecule has 0 aliphatic carbocycles. The Morgan fingerprint density at radius 1 is 1.19 bits per heavy atom. The van der Waals surface area contributed by atoms with E-state index in [0.717, 1.165) is 23.4 Å². The van der Waals surface area contributed by atoms with Gasteiger partial charge in [-0.05, 0) is 44.0 Å². The number of likely N-dealkylation sites (tertiary alicyclic amines) is 1. The molecule has 3 rings (SSSR count). The molecule has 0 saturated carbocycles. The van der Waals surface area contributed by atoms with Gasteiger partial charge in [0.2, 0.25) is 0 Å². The Bertz CT molecular complexity index is 839. The van der Waals surface area contributed by atoms with Gasteiger partial charge < -0.3 is 4.90 Å². The molecule has 1 atom stereocenters. The van der Waals surface area contributed by atoms with Crippen LogP contribution >= 0.6 is 35.0 Å². The van der Waals surface area contributed by atoms with Crippen molar-refractivity contribution in [3.8, 4) is 0 Å². The van der Waals surface area contributed by atoms with Crippen LogP contribution in [0.4, 0.5) is 0 Å². The van der Waals surface area contributed by atoms with Crippen molar-refractivity contribution in [1.29, 1.82) is 0 Å². The van der Waals surface area contributed by atoms with Crippen molar-refractivity contribution in [3.05, 3.63) is 57.8 Å². The minimum atomic E-state index is -0.122. The summed E-state index contributed by atoms with van der Waals surface area (Å²) in [4.78, 5) is 31.5. The largest absolute Gasteiger partial charge is 0.337 e. The fourth-order valence-corrected chi connectivity index (χ4v) is 4.69. The molecule has 1 aliphatic heterocycles. The summed E-state index contributed by atoms with van der Waals surface area (Å²) in [6, 6.07) is 10.8. The summed E-state index contributed by atoms with van der Waals surface area (Å²) in [6.07, 6.45) is 1.69. The van der Waals surface area contributed by atoms with Crippen LogP contribution in [0.1, 0.15) is 35.9 Å². The van der Waals surface area contributed by atoms with Crippen LogP contribution in [0, 0.1) is 5.92 Å². The standard InChI is InChI=1S/C20H20Cl2N2O2S/c1-13(25)14-5-4-10-24(11-14)20(26)18-9-2-6-15(23-18)12-27-19-16(21)7-3-8-17(19)22/h2-3,6-9,14H,4-5,10-12H2,1H3. The molecule has 27 heavy (non-hydrogen) atoms. The summed E-state index contributed by atoms with van der Waals surface area (Å²) in [7, 11) is 0. The van der Waals surface area contributed by atoms with Gasteiger partial charge in [0.15, 0.2) is 0 Å². The number of aromatic nitrogens is 1. The van der Waals surface area contributed by atoms with E-state index in [1.165, 1.54) is 11.8 Å². The molecule has 0 spiro atoms. The van der Waals surface area contributed by atoms with Crippen LogP contribution in [0.15, 0.2) is 41.3 Å². The van der Waals surface area contributed by atoms with Gasteiger partial charge in [-0.3, -0.25) is 9.59 Å². The number of piperidine rings is 1. The second-order valence-corrected chi connectivity index (χ2v) is 8.35. The van der Waals surface area contributed by atoms with E-state index in [1.807, 2.05) is 12.1 Å². The number of pyridine rings is 1. The van der Waals surface area contributed by atoms with Gasteiger partial charge in [0, 0.05) is 29.7 Å². The zero-order valence-electron chi connectivity index (χ0n) is 15.0. The maximum absolute atomic E-state index is 12.8. The van der Waals surface area contributed by atoms with Crippen LogP contribution in [0.25, 0.3) is 0 Å². The number of ketones is 1. The summed E-state index contributed by atoms with van der Waals surface area (Å²) in [5, 5.41) is 1.20. The number of Topliss-reactive ketones (excluding diaryl/α,β-unsaturated/α-hetero) is 1. The molecule has 0 radical (unpaired) electrons. The molecule has 2 aromatic rings. The van der Waals surface area contributed by atoms with Crippen LogP contribution in [0.5, 0.6) is 0 Å². The predicted molar refractivity (Wildman–Crippen MR) is 110 cm³/mol. The predicted octanol–water partition coefficient (Wildman–Crippen LogP) is 5.12. The lowest BCUT2D eigenvalue weighted by Crippen LogP contribution is -2.42. The van der Waals surface area contributed by atoms with E-state index in [9.17, 15) is 9.59 Å². The van der Waals surface area contributed by atoms with E-state index in [4.69, 9.17) is 23.2 Å². The van der Waals surface area contributed by atoms with Crippen molar-refractivity contribution >= 4 is 46.7 Å². The first-order chi connectivity index (χ1) is 13.0. The Kier molecular flexibility index (Phi) is 6.79. The van der Waals surface area contributed by atoms with Crippen LogP contribution in [0.2, 0.25) is 10.0 Å². The van der Waals surface area contributed by atoms with Crippen molar-refractivity contribution in [1.82, 2.24) is 9.88 Å². The number of halogens is 2. The Morgan fingerprint density at radius 2 is 1.89 bits per heavy atom. The lowest BCUT2D eigenvalue weighted by atomic mass is 9.94. The van der Waals surface area contributed by atoms with Gasteiger partial charge in [-0.1, -0.05) is 35.3 Å². The lowest BCUT2D eigenvalue weighted by molar-refractivity contribution is -0.122. The third kappa shape index (κ3) is 5.03. The SMILES string of the molecule is CC(=O)C1CCCN(C(=O)c2cccc(CSc3c(Cl)cccc3Cl)n2)C1. The molecule has 2 heterocycles. The van der Waals surface area contributed by atoms with Crippen molar-refractivity contribution in [2.24, 2.45) is 5.92 Å². The third-order valence-corrected chi connectivity index (χ3v) is 6.62. The number of rotatable bonds is 5. The topological polar surface area (TPSA) is 50.3 Å². The number of carbonyl (C=O) groups excluding carboxylic acids is 2. The Hall–Kier alpha value is -1.56. The van der Waals surface area contributed by atoms with Crippen LogP contribution in [0.3, 0.4) is 0 Å². The normalized spacial score (nSPS) is 17.0. The third-order valence-electron chi connectivity index (χ3n) is 4.59. The van der Waals surface area contributed by atoms with E-state index in [1.54, 1.807) is 36.1 Å². The monoisotopic (exact) mass is 422 g/mol. The fourth-order valence-electron chi connectivity index (χ4n) is 3.10. The molecule has 1 fully saturated rings. The molecule has 4 nitrogen and oxygen atoms in total. The van der Waals surface area contributed by atoms with Gasteiger partial charge >= 0.3 is 0 Å². The fraction of sp³-hybridized carbons (Fsp3) is 0.350. The first-order valence-electron chi connectivity index (χ1n) is 8.78. The second-order valence-electron chi connectivity index (χ2n) is 6.55. The average Bonchev–Trinajstić information content (AvgIpc) is 2.67. The molecule has 1 unspecified atom stereocenters. The van der Waals surface area contributed by atoms with E-state index in [2.05, 4.69) is 4.98 Å². The number of benzene rings is 1. The first kappa shape index (κ1) is 20.2. The van der Waals surface area contributed by atoms with E-state index in [0.29, 0.717) is 34.6 Å². The number of hydrogen-bond donors (Lipinski definition) is 0. The number of carbonyl (C=O) groups is 2. The summed E-state index contributed by atoms with van der Waals surface area (Å²) >= 11 is 13.9. The lowest BCUT2D eigenvalue weighted by Gasteiger charge is -2.31. The minimum Gasteiger partial charge on any atom is -0.337 e. The highest BCUT2D eigenvalue weighted by atomic mass is 35.5. The van der Waals surface area contributed by atoms with Gasteiger partial charge in [0.1, 0.15) is 11.5 Å². The van der Waals surface area contributed by atoms with Gasteiger partial charge in [-0.2, -0.15) is 0 Å². The highest BCUT2D eigenvalue weighted by Gasteiger charge is 2.27. The molecule has 1 amide bonds. The zero-order chi connectivity index (χ0) is 19.4. The van der Waals surface area contributed by atoms with Crippen LogP contribution < -0.4 is 0 Å². The number of hydrogen-bond acceptors (Lipinski definition) is 4. The first-order valence-corrected chi connectivity index (χ1v) is 10.5. The van der Waals surface area contributed by atoms with Gasteiger partial charge in [-0.15, -0.1) is 11.8 Å². The molecule has 1 aliphatic rings. The summed E-state index contributed by atoms with van der Waals surface area (Å²) in [6.45, 7) is 2.73. The molecule has 0 bridgehead atoms. The van der Waals surface area contributed by atoms with Crippen LogP contribution in [-0.4, -0.2) is 34.7 Å². The molecule has 1 aromatic heterocycles. The summed E-state index contributed by atoms with van der Waals surface area (Å²) in [5.41, 5.74) is 1.18. The number of amides is 1. The van der Waals surface area contributed by atoms with E-state index in [-0.39, 0.29) is 17.6 Å². The highest BCUT2D eigenvalue weighted by molar-refractivity contribution is 7.98. The summed E-state index contributed by atoms with van der Waals surface area (Å²) < 4.78 is 0. The number of nitrogens with zero attached hydrogens (tertiary/aromatic N) is 2. The van der Waals surface area contributed by atoms with Crippen molar-refractivity contribution in [3.63, 3.8) is 0 Å². The Balaban J connectivity index is 1.70. The minimum absolute atomic E-state index is 0.0659. The summed E-state index contributed by atoms with van der Waals surface area (Å²) in [5.74, 6) is 0.510. The molecule has 142 valence electrons. The average molecular weight is 423 g/mol. The van der Waals surface area contributed by atoms with E-state index >= 15 is 0 Å². The Labute approximate surface area is 173 Å². The second kappa shape index (κ2) is 9.09. The highest BCUT2D eigenvalue weighted by Crippen LogP contribution is 2.35. The molecule has 0 N–H and O–H groups in total. The quantitative estimate of drug-likeness (QED) is 0.627. The number of thioether (sulfide) groups is 1. The van der Waals surface area contributed by atoms with Gasteiger partial charge in [0.25, 0.3) is 5.91 Å². The van der Waals surface area contributed by atoms with Crippen molar-refractivity contribution in [2.45, 2.75) is 30.4 Å². The maximum atomic E-state index is 12.8. The molecule has 1 saturated heterocycles. The van der Waals surface area contributed by atoms with E-state index < -0.39 is 0 Å². The smallest absolute Gasteiger partial charge is 0.272 e. The van der Waals surface area contributed by atoms with Crippen LogP contribution in [-0.2, 0) is 10.5 Å². The van der Waals surface area contributed by atoms with Crippen molar-refractivity contribution in [2.75, 3.05) is 13.1 Å². The molecular weight excluding hydrogens is 403 g/mol. The zero-order valence-corrected chi connectivity index (χ0v) is 17.3. The molecule has 1 aromatic carbocycles. The van der Waals surface area contributed by atoms with Gasteiger partial charge in [0.05, 0.1) is 15.7 Å². The molecular formula is C20H20Cl2N2O2S. The van der Waals surface area contributed by atoms with Gasteiger partial charge in [-0.25, -0.2) is 4.98 Å². The Morgan fingerprint density at radius 3 is 2.59 bits per heavy atom.